The number of nitrogens with one attached hydrogen (secondary N) is 1. The maximum Gasteiger partial charge on any atom is 0.255 e. The molecule has 0 aliphatic carbocycles. The second-order valence-corrected chi connectivity index (χ2v) is 5.72. The summed E-state index contributed by atoms with van der Waals surface area (Å²) in [6.45, 7) is 2.96. The lowest BCUT2D eigenvalue weighted by molar-refractivity contribution is 0.102. The van der Waals surface area contributed by atoms with E-state index in [4.69, 9.17) is 9.47 Å². The highest BCUT2D eigenvalue weighted by molar-refractivity contribution is 6.04. The number of rotatable bonds is 7. The molecule has 0 aromatic heterocycles. The van der Waals surface area contributed by atoms with Crippen molar-refractivity contribution in [3.63, 3.8) is 0 Å². The molecule has 0 bridgehead atoms. The van der Waals surface area contributed by atoms with Gasteiger partial charge < -0.3 is 14.8 Å². The molecular formula is C22H21NO3. The molecule has 132 valence electrons. The number of hydrogen-bond acceptors (Lipinski definition) is 3. The molecule has 0 heterocycles. The molecule has 4 heteroatoms. The van der Waals surface area contributed by atoms with Gasteiger partial charge in [-0.2, -0.15) is 0 Å². The van der Waals surface area contributed by atoms with Crippen molar-refractivity contribution in [2.45, 2.75) is 13.5 Å². The Morgan fingerprint density at radius 1 is 0.846 bits per heavy atom. The van der Waals surface area contributed by atoms with Crippen LogP contribution in [0.1, 0.15) is 22.8 Å². The molecule has 0 radical (unpaired) electrons. The van der Waals surface area contributed by atoms with E-state index in [1.54, 1.807) is 18.2 Å². The average Bonchev–Trinajstić information content (AvgIpc) is 2.68. The van der Waals surface area contributed by atoms with Crippen molar-refractivity contribution < 1.29 is 14.3 Å². The zero-order chi connectivity index (χ0) is 18.2. The van der Waals surface area contributed by atoms with Gasteiger partial charge in [-0.25, -0.2) is 0 Å². The highest BCUT2D eigenvalue weighted by Gasteiger charge is 2.08. The van der Waals surface area contributed by atoms with E-state index in [1.807, 2.05) is 67.6 Å². The van der Waals surface area contributed by atoms with Crippen LogP contribution < -0.4 is 14.8 Å². The number of carbonyl (C=O) groups excluding carboxylic acids is 1. The van der Waals surface area contributed by atoms with Crippen LogP contribution in [0.25, 0.3) is 0 Å². The molecule has 0 aliphatic rings. The van der Waals surface area contributed by atoms with Crippen LogP contribution in [0.3, 0.4) is 0 Å². The Labute approximate surface area is 153 Å². The molecule has 0 fully saturated rings. The van der Waals surface area contributed by atoms with Gasteiger partial charge in [0.05, 0.1) is 6.61 Å². The van der Waals surface area contributed by atoms with E-state index >= 15 is 0 Å². The Morgan fingerprint density at radius 3 is 2.35 bits per heavy atom. The first kappa shape index (κ1) is 17.5. The van der Waals surface area contributed by atoms with Crippen LogP contribution in [-0.4, -0.2) is 12.5 Å². The first-order chi connectivity index (χ1) is 12.7. The largest absolute Gasteiger partial charge is 0.494 e. The van der Waals surface area contributed by atoms with Gasteiger partial charge >= 0.3 is 0 Å². The van der Waals surface area contributed by atoms with E-state index in [9.17, 15) is 4.79 Å². The van der Waals surface area contributed by atoms with Crippen molar-refractivity contribution >= 4 is 11.6 Å². The predicted octanol–water partition coefficient (Wildman–Crippen LogP) is 4.92. The van der Waals surface area contributed by atoms with Crippen LogP contribution in [0.15, 0.2) is 78.9 Å². The summed E-state index contributed by atoms with van der Waals surface area (Å²) in [5.41, 5.74) is 2.31. The summed E-state index contributed by atoms with van der Waals surface area (Å²) in [4.78, 5) is 12.5. The van der Waals surface area contributed by atoms with Crippen molar-refractivity contribution in [3.05, 3.63) is 90.0 Å². The molecule has 3 rings (SSSR count). The number of carbonyl (C=O) groups is 1. The Kier molecular flexibility index (Phi) is 5.88. The minimum Gasteiger partial charge on any atom is -0.494 e. The quantitative estimate of drug-likeness (QED) is 0.660. The molecule has 4 nitrogen and oxygen atoms in total. The lowest BCUT2D eigenvalue weighted by atomic mass is 10.2. The lowest BCUT2D eigenvalue weighted by Gasteiger charge is -2.10. The van der Waals surface area contributed by atoms with E-state index in [0.717, 1.165) is 11.3 Å². The number of benzene rings is 3. The Morgan fingerprint density at radius 2 is 1.58 bits per heavy atom. The molecule has 0 atom stereocenters. The maximum absolute atomic E-state index is 12.5. The molecule has 0 saturated carbocycles. The van der Waals surface area contributed by atoms with Gasteiger partial charge in [0, 0.05) is 17.3 Å². The molecule has 1 N–H and O–H groups in total. The summed E-state index contributed by atoms with van der Waals surface area (Å²) in [5.74, 6) is 1.19. The van der Waals surface area contributed by atoms with Crippen molar-refractivity contribution in [1.82, 2.24) is 0 Å². The predicted molar refractivity (Wildman–Crippen MR) is 103 cm³/mol. The highest BCUT2D eigenvalue weighted by Crippen LogP contribution is 2.20. The first-order valence-electron chi connectivity index (χ1n) is 8.55. The molecule has 0 unspecified atom stereocenters. The van der Waals surface area contributed by atoms with Gasteiger partial charge in [-0.15, -0.1) is 0 Å². The maximum atomic E-state index is 12.5. The highest BCUT2D eigenvalue weighted by atomic mass is 16.5. The first-order valence-corrected chi connectivity index (χ1v) is 8.55. The molecule has 3 aromatic carbocycles. The van der Waals surface area contributed by atoms with Gasteiger partial charge in [0.1, 0.15) is 18.1 Å². The van der Waals surface area contributed by atoms with Crippen LogP contribution in [0.4, 0.5) is 5.69 Å². The molecule has 0 aliphatic heterocycles. The van der Waals surface area contributed by atoms with Crippen LogP contribution in [0, 0.1) is 0 Å². The van der Waals surface area contributed by atoms with Crippen molar-refractivity contribution in [3.8, 4) is 11.5 Å². The average molecular weight is 347 g/mol. The molecule has 26 heavy (non-hydrogen) atoms. The van der Waals surface area contributed by atoms with E-state index in [-0.39, 0.29) is 5.91 Å². The van der Waals surface area contributed by atoms with Crippen molar-refractivity contribution in [2.24, 2.45) is 0 Å². The van der Waals surface area contributed by atoms with Crippen LogP contribution in [-0.2, 0) is 6.61 Å². The van der Waals surface area contributed by atoms with Gasteiger partial charge in [0.25, 0.3) is 5.91 Å². The monoisotopic (exact) mass is 347 g/mol. The zero-order valence-electron chi connectivity index (χ0n) is 14.6. The summed E-state index contributed by atoms with van der Waals surface area (Å²) in [6, 6.07) is 24.4. The van der Waals surface area contributed by atoms with Gasteiger partial charge in [0.15, 0.2) is 0 Å². The third-order valence-corrected chi connectivity index (χ3v) is 3.75. The molecule has 0 saturated heterocycles. The minimum absolute atomic E-state index is 0.191. The lowest BCUT2D eigenvalue weighted by Crippen LogP contribution is -2.12. The van der Waals surface area contributed by atoms with Gasteiger partial charge in [0.2, 0.25) is 0 Å². The van der Waals surface area contributed by atoms with Gasteiger partial charge in [-0.1, -0.05) is 42.5 Å². The number of amides is 1. The third-order valence-electron chi connectivity index (χ3n) is 3.75. The summed E-state index contributed by atoms with van der Waals surface area (Å²) < 4.78 is 11.2. The van der Waals surface area contributed by atoms with Gasteiger partial charge in [-0.05, 0) is 42.8 Å². The number of hydrogen-bond donors (Lipinski definition) is 1. The fourth-order valence-electron chi connectivity index (χ4n) is 2.50. The minimum atomic E-state index is -0.191. The molecule has 0 spiro atoms. The molecular weight excluding hydrogens is 326 g/mol. The summed E-state index contributed by atoms with van der Waals surface area (Å²) in [6.07, 6.45) is 0. The molecule has 3 aromatic rings. The van der Waals surface area contributed by atoms with E-state index in [1.165, 1.54) is 0 Å². The van der Waals surface area contributed by atoms with Crippen LogP contribution in [0.5, 0.6) is 11.5 Å². The number of ether oxygens (including phenoxy) is 2. The van der Waals surface area contributed by atoms with Crippen molar-refractivity contribution in [2.75, 3.05) is 11.9 Å². The zero-order valence-corrected chi connectivity index (χ0v) is 14.6. The molecule has 1 amide bonds. The fourth-order valence-corrected chi connectivity index (χ4v) is 2.50. The SMILES string of the molecule is CCOc1cccc(NC(=O)c2cccc(OCc3ccccc3)c2)c1. The standard InChI is InChI=1S/C22H21NO3/c1-2-25-21-13-7-11-19(15-21)23-22(24)18-10-6-12-20(14-18)26-16-17-8-4-3-5-9-17/h3-15H,2,16H2,1H3,(H,23,24). The third kappa shape index (κ3) is 4.86. The van der Waals surface area contributed by atoms with Crippen LogP contribution >= 0.6 is 0 Å². The topological polar surface area (TPSA) is 47.6 Å². The van der Waals surface area contributed by atoms with E-state index in [0.29, 0.717) is 30.2 Å². The van der Waals surface area contributed by atoms with E-state index in [2.05, 4.69) is 5.32 Å². The second kappa shape index (κ2) is 8.72. The smallest absolute Gasteiger partial charge is 0.255 e. The number of anilines is 1. The van der Waals surface area contributed by atoms with E-state index < -0.39 is 0 Å². The second-order valence-electron chi connectivity index (χ2n) is 5.72. The Balaban J connectivity index is 1.65. The van der Waals surface area contributed by atoms with Crippen LogP contribution in [0.2, 0.25) is 0 Å². The Hall–Kier alpha value is -3.27. The summed E-state index contributed by atoms with van der Waals surface area (Å²) in [5, 5.41) is 2.88. The van der Waals surface area contributed by atoms with Gasteiger partial charge in [-0.3, -0.25) is 4.79 Å². The fraction of sp³-hybridized carbons (Fsp3) is 0.136. The summed E-state index contributed by atoms with van der Waals surface area (Å²) in [7, 11) is 0. The Bertz CT molecular complexity index is 862. The normalized spacial score (nSPS) is 10.2. The summed E-state index contributed by atoms with van der Waals surface area (Å²) >= 11 is 0. The van der Waals surface area contributed by atoms with Crippen molar-refractivity contribution in [1.29, 1.82) is 0 Å².